The summed E-state index contributed by atoms with van der Waals surface area (Å²) in [6.07, 6.45) is 4.82. The Labute approximate surface area is 220 Å². The molecule has 0 aliphatic carbocycles. The number of fused-ring (bicyclic) bond motifs is 1. The SMILES string of the molecule is COc1ccc(OCCn2cc(/C=C3\SC(=S)N(CCc4ccccc4)C3=O)c3ccccc32)cc1. The van der Waals surface area contributed by atoms with Crippen molar-refractivity contribution in [2.75, 3.05) is 20.3 Å². The molecule has 0 spiro atoms. The third-order valence-corrected chi connectivity index (χ3v) is 7.48. The average molecular weight is 515 g/mol. The monoisotopic (exact) mass is 514 g/mol. The lowest BCUT2D eigenvalue weighted by Gasteiger charge is -2.14. The molecule has 0 bridgehead atoms. The quantitative estimate of drug-likeness (QED) is 0.197. The maximum absolute atomic E-state index is 13.2. The predicted octanol–water partition coefficient (Wildman–Crippen LogP) is 6.17. The molecule has 1 amide bonds. The smallest absolute Gasteiger partial charge is 0.266 e. The van der Waals surface area contributed by atoms with E-state index in [1.807, 2.05) is 60.7 Å². The van der Waals surface area contributed by atoms with E-state index < -0.39 is 0 Å². The second-order valence-corrected chi connectivity index (χ2v) is 10.1. The van der Waals surface area contributed by atoms with Crippen molar-refractivity contribution in [3.63, 3.8) is 0 Å². The fourth-order valence-electron chi connectivity index (χ4n) is 4.23. The third-order valence-electron chi connectivity index (χ3n) is 6.11. The van der Waals surface area contributed by atoms with Gasteiger partial charge in [-0.25, -0.2) is 0 Å². The number of aromatic nitrogens is 1. The van der Waals surface area contributed by atoms with Crippen LogP contribution in [0.2, 0.25) is 0 Å². The number of amides is 1. The van der Waals surface area contributed by atoms with Gasteiger partial charge in [0.25, 0.3) is 5.91 Å². The summed E-state index contributed by atoms with van der Waals surface area (Å²) < 4.78 is 13.9. The minimum Gasteiger partial charge on any atom is -0.497 e. The summed E-state index contributed by atoms with van der Waals surface area (Å²) in [5, 5.41) is 1.09. The topological polar surface area (TPSA) is 43.7 Å². The number of ether oxygens (including phenoxy) is 2. The summed E-state index contributed by atoms with van der Waals surface area (Å²) in [5.41, 5.74) is 3.29. The molecule has 0 saturated carbocycles. The van der Waals surface area contributed by atoms with Gasteiger partial charge in [-0.05, 0) is 48.4 Å². The van der Waals surface area contributed by atoms with Gasteiger partial charge in [0.2, 0.25) is 0 Å². The second kappa shape index (κ2) is 11.0. The van der Waals surface area contributed by atoms with Crippen LogP contribution in [0.15, 0.2) is 90.0 Å². The lowest BCUT2D eigenvalue weighted by molar-refractivity contribution is -0.122. The van der Waals surface area contributed by atoms with E-state index in [-0.39, 0.29) is 5.91 Å². The molecule has 4 aromatic rings. The Morgan fingerprint density at radius 3 is 2.42 bits per heavy atom. The lowest BCUT2D eigenvalue weighted by atomic mass is 10.1. The highest BCUT2D eigenvalue weighted by molar-refractivity contribution is 8.26. The molecular formula is C29H26N2O3S2. The molecule has 1 aliphatic rings. The van der Waals surface area contributed by atoms with Gasteiger partial charge in [0.1, 0.15) is 22.4 Å². The number of thiocarbonyl (C=S) groups is 1. The number of para-hydroxylation sites is 1. The Morgan fingerprint density at radius 2 is 1.64 bits per heavy atom. The van der Waals surface area contributed by atoms with Crippen molar-refractivity contribution in [3.05, 3.63) is 101 Å². The number of hydrogen-bond donors (Lipinski definition) is 0. The number of methoxy groups -OCH3 is 1. The van der Waals surface area contributed by atoms with Crippen LogP contribution in [0.3, 0.4) is 0 Å². The number of carbonyl (C=O) groups excluding carboxylic acids is 1. The lowest BCUT2D eigenvalue weighted by Crippen LogP contribution is -2.30. The van der Waals surface area contributed by atoms with Crippen molar-refractivity contribution in [2.24, 2.45) is 0 Å². The first-order valence-corrected chi connectivity index (χ1v) is 13.0. The molecule has 0 radical (unpaired) electrons. The van der Waals surface area contributed by atoms with Crippen molar-refractivity contribution in [2.45, 2.75) is 13.0 Å². The molecule has 1 saturated heterocycles. The van der Waals surface area contributed by atoms with Crippen LogP contribution < -0.4 is 9.47 Å². The molecule has 1 fully saturated rings. The molecule has 0 N–H and O–H groups in total. The van der Waals surface area contributed by atoms with Crippen molar-refractivity contribution < 1.29 is 14.3 Å². The van der Waals surface area contributed by atoms with Gasteiger partial charge in [0.15, 0.2) is 0 Å². The summed E-state index contributed by atoms with van der Waals surface area (Å²) in [5.74, 6) is 1.57. The van der Waals surface area contributed by atoms with Crippen LogP contribution in [0.1, 0.15) is 11.1 Å². The molecule has 0 unspecified atom stereocenters. The van der Waals surface area contributed by atoms with Gasteiger partial charge in [-0.3, -0.25) is 9.69 Å². The molecule has 2 heterocycles. The van der Waals surface area contributed by atoms with Crippen LogP contribution in [0.5, 0.6) is 11.5 Å². The molecule has 182 valence electrons. The number of benzene rings is 3. The predicted molar refractivity (Wildman–Crippen MR) is 150 cm³/mol. The van der Waals surface area contributed by atoms with E-state index in [1.54, 1.807) is 12.0 Å². The maximum Gasteiger partial charge on any atom is 0.266 e. The first-order valence-electron chi connectivity index (χ1n) is 11.8. The fourth-order valence-corrected chi connectivity index (χ4v) is 5.53. The number of nitrogens with zero attached hydrogens (tertiary/aromatic N) is 2. The number of hydrogen-bond acceptors (Lipinski definition) is 5. The highest BCUT2D eigenvalue weighted by atomic mass is 32.2. The van der Waals surface area contributed by atoms with Crippen molar-refractivity contribution in [3.8, 4) is 11.5 Å². The van der Waals surface area contributed by atoms with E-state index in [0.717, 1.165) is 34.4 Å². The molecule has 1 aliphatic heterocycles. The fraction of sp³-hybridized carbons (Fsp3) is 0.172. The molecule has 0 atom stereocenters. The minimum absolute atomic E-state index is 0.0272. The van der Waals surface area contributed by atoms with Gasteiger partial charge in [-0.2, -0.15) is 0 Å². The van der Waals surface area contributed by atoms with Gasteiger partial charge >= 0.3 is 0 Å². The molecule has 3 aromatic carbocycles. The minimum atomic E-state index is -0.0272. The van der Waals surface area contributed by atoms with E-state index in [4.69, 9.17) is 21.7 Å². The van der Waals surface area contributed by atoms with E-state index >= 15 is 0 Å². The van der Waals surface area contributed by atoms with E-state index in [1.165, 1.54) is 17.3 Å². The van der Waals surface area contributed by atoms with Crippen LogP contribution in [-0.4, -0.2) is 40.0 Å². The third kappa shape index (κ3) is 5.32. The normalized spacial score (nSPS) is 14.7. The summed E-state index contributed by atoms with van der Waals surface area (Å²) in [6, 6.07) is 25.9. The summed E-state index contributed by atoms with van der Waals surface area (Å²) in [4.78, 5) is 15.5. The van der Waals surface area contributed by atoms with Crippen LogP contribution in [0.4, 0.5) is 0 Å². The summed E-state index contributed by atoms with van der Waals surface area (Å²) >= 11 is 6.92. The van der Waals surface area contributed by atoms with Gasteiger partial charge in [0, 0.05) is 29.2 Å². The molecule has 7 heteroatoms. The van der Waals surface area contributed by atoms with Gasteiger partial charge in [-0.15, -0.1) is 0 Å². The zero-order valence-corrected chi connectivity index (χ0v) is 21.6. The Hall–Kier alpha value is -3.55. The van der Waals surface area contributed by atoms with Gasteiger partial charge < -0.3 is 14.0 Å². The molecule has 5 nitrogen and oxygen atoms in total. The van der Waals surface area contributed by atoms with E-state index in [2.05, 4.69) is 35.0 Å². The molecule has 1 aromatic heterocycles. The Kier molecular flexibility index (Phi) is 7.39. The van der Waals surface area contributed by atoms with E-state index in [0.29, 0.717) is 28.9 Å². The van der Waals surface area contributed by atoms with Crippen LogP contribution in [0, 0.1) is 0 Å². The zero-order chi connectivity index (χ0) is 24.9. The molecular weight excluding hydrogens is 488 g/mol. The Balaban J connectivity index is 1.30. The number of thioether (sulfide) groups is 1. The number of rotatable bonds is 9. The summed E-state index contributed by atoms with van der Waals surface area (Å²) in [7, 11) is 1.65. The Morgan fingerprint density at radius 1 is 0.917 bits per heavy atom. The second-order valence-electron chi connectivity index (χ2n) is 8.39. The van der Waals surface area contributed by atoms with Crippen molar-refractivity contribution in [1.82, 2.24) is 9.47 Å². The number of carbonyl (C=O) groups is 1. The maximum atomic E-state index is 13.2. The van der Waals surface area contributed by atoms with Crippen molar-refractivity contribution >= 4 is 51.2 Å². The zero-order valence-electron chi connectivity index (χ0n) is 19.9. The van der Waals surface area contributed by atoms with Gasteiger partial charge in [0.05, 0.1) is 18.6 Å². The van der Waals surface area contributed by atoms with Gasteiger partial charge in [-0.1, -0.05) is 72.5 Å². The molecule has 5 rings (SSSR count). The first kappa shape index (κ1) is 24.2. The van der Waals surface area contributed by atoms with Crippen LogP contribution >= 0.6 is 24.0 Å². The van der Waals surface area contributed by atoms with E-state index in [9.17, 15) is 4.79 Å². The Bertz CT molecular complexity index is 1410. The average Bonchev–Trinajstić information content (AvgIpc) is 3.39. The van der Waals surface area contributed by atoms with Crippen molar-refractivity contribution in [1.29, 1.82) is 0 Å². The van der Waals surface area contributed by atoms with Crippen LogP contribution in [-0.2, 0) is 17.8 Å². The van der Waals surface area contributed by atoms with Crippen LogP contribution in [0.25, 0.3) is 17.0 Å². The summed E-state index contributed by atoms with van der Waals surface area (Å²) in [6.45, 7) is 1.78. The highest BCUT2D eigenvalue weighted by Gasteiger charge is 2.31. The largest absolute Gasteiger partial charge is 0.497 e. The standard InChI is InChI=1S/C29H26N2O3S2/c1-33-23-11-13-24(14-12-23)34-18-17-30-20-22(25-9-5-6-10-26(25)30)19-27-28(32)31(29(35)36-27)16-15-21-7-3-2-4-8-21/h2-14,19-20H,15-18H2,1H3/b27-19-. The highest BCUT2D eigenvalue weighted by Crippen LogP contribution is 2.34. The first-order chi connectivity index (χ1) is 17.6. The molecule has 36 heavy (non-hydrogen) atoms.